The lowest BCUT2D eigenvalue weighted by molar-refractivity contribution is 0.0951. The second-order valence-electron chi connectivity index (χ2n) is 5.96. The molecule has 3 N–H and O–H groups in total. The van der Waals surface area contributed by atoms with Crippen LogP contribution >= 0.6 is 23.8 Å². The van der Waals surface area contributed by atoms with Crippen molar-refractivity contribution in [2.24, 2.45) is 0 Å². The number of carbonyl (C=O) groups is 1. The van der Waals surface area contributed by atoms with Gasteiger partial charge in [-0.2, -0.15) is 0 Å². The Labute approximate surface area is 172 Å². The summed E-state index contributed by atoms with van der Waals surface area (Å²) in [6.07, 6.45) is 0. The highest BCUT2D eigenvalue weighted by Gasteiger charge is 2.08. The summed E-state index contributed by atoms with van der Waals surface area (Å²) in [6, 6.07) is 20.9. The maximum Gasteiger partial charge on any atom is 0.251 e. The molecule has 3 rings (SSSR count). The highest BCUT2D eigenvalue weighted by atomic mass is 35.5. The predicted molar refractivity (Wildman–Crippen MR) is 115 cm³/mol. The first-order valence-corrected chi connectivity index (χ1v) is 9.25. The number of benzene rings is 3. The third-order valence-electron chi connectivity index (χ3n) is 3.86. The number of anilines is 2. The van der Waals surface area contributed by atoms with Gasteiger partial charge in [0.15, 0.2) is 5.11 Å². The second kappa shape index (κ2) is 9.30. The molecule has 0 saturated carbocycles. The van der Waals surface area contributed by atoms with Crippen LogP contribution in [0.4, 0.5) is 15.8 Å². The summed E-state index contributed by atoms with van der Waals surface area (Å²) in [4.78, 5) is 12.4. The number of amides is 1. The Bertz CT molecular complexity index is 998. The van der Waals surface area contributed by atoms with Crippen molar-refractivity contribution in [2.75, 3.05) is 10.6 Å². The Balaban J connectivity index is 1.59. The smallest absolute Gasteiger partial charge is 0.251 e. The average Bonchev–Trinajstić information content (AvgIpc) is 2.70. The van der Waals surface area contributed by atoms with Gasteiger partial charge < -0.3 is 16.0 Å². The van der Waals surface area contributed by atoms with Crippen molar-refractivity contribution in [3.63, 3.8) is 0 Å². The third-order valence-corrected chi connectivity index (χ3v) is 4.35. The molecule has 0 unspecified atom stereocenters. The summed E-state index contributed by atoms with van der Waals surface area (Å²) >= 11 is 11.0. The molecule has 0 saturated heterocycles. The summed E-state index contributed by atoms with van der Waals surface area (Å²) < 4.78 is 13.2. The van der Waals surface area contributed by atoms with E-state index in [1.807, 2.05) is 30.3 Å². The molecule has 1 amide bonds. The van der Waals surface area contributed by atoms with E-state index in [9.17, 15) is 9.18 Å². The van der Waals surface area contributed by atoms with Crippen LogP contribution in [0.1, 0.15) is 15.9 Å². The van der Waals surface area contributed by atoms with Gasteiger partial charge in [-0.05, 0) is 54.2 Å². The van der Waals surface area contributed by atoms with Gasteiger partial charge in [-0.3, -0.25) is 4.79 Å². The zero-order valence-electron chi connectivity index (χ0n) is 14.7. The molecule has 0 bridgehead atoms. The van der Waals surface area contributed by atoms with Crippen LogP contribution in [0, 0.1) is 5.82 Å². The van der Waals surface area contributed by atoms with Gasteiger partial charge in [0, 0.05) is 23.5 Å². The van der Waals surface area contributed by atoms with Crippen LogP contribution in [-0.2, 0) is 6.54 Å². The molecule has 0 atom stereocenters. The molecule has 0 aliphatic carbocycles. The number of halogens is 2. The van der Waals surface area contributed by atoms with Crippen molar-refractivity contribution in [3.8, 4) is 0 Å². The molecule has 0 spiro atoms. The van der Waals surface area contributed by atoms with Crippen molar-refractivity contribution in [1.82, 2.24) is 5.32 Å². The SMILES string of the molecule is O=C(NCc1ccccc1)c1cccc(NC(=S)Nc2ccc(F)c(Cl)c2)c1. The van der Waals surface area contributed by atoms with Crippen LogP contribution in [0.3, 0.4) is 0 Å². The van der Waals surface area contributed by atoms with Crippen molar-refractivity contribution in [3.05, 3.63) is 94.8 Å². The van der Waals surface area contributed by atoms with Gasteiger partial charge in [0.1, 0.15) is 5.82 Å². The number of hydrogen-bond acceptors (Lipinski definition) is 2. The average molecular weight is 414 g/mol. The topological polar surface area (TPSA) is 53.2 Å². The molecular weight excluding hydrogens is 397 g/mol. The van der Waals surface area contributed by atoms with Crippen molar-refractivity contribution in [2.45, 2.75) is 6.54 Å². The van der Waals surface area contributed by atoms with E-state index in [-0.39, 0.29) is 10.9 Å². The van der Waals surface area contributed by atoms with Gasteiger partial charge >= 0.3 is 0 Å². The lowest BCUT2D eigenvalue weighted by Crippen LogP contribution is -2.23. The molecule has 28 heavy (non-hydrogen) atoms. The second-order valence-corrected chi connectivity index (χ2v) is 6.77. The van der Waals surface area contributed by atoms with Gasteiger partial charge in [-0.1, -0.05) is 48.0 Å². The molecule has 3 aromatic rings. The van der Waals surface area contributed by atoms with Gasteiger partial charge in [0.2, 0.25) is 0 Å². The summed E-state index contributed by atoms with van der Waals surface area (Å²) in [5.74, 6) is -0.683. The third kappa shape index (κ3) is 5.52. The molecular formula is C21H17ClFN3OS. The van der Waals surface area contributed by atoms with Gasteiger partial charge in [-0.25, -0.2) is 4.39 Å². The van der Waals surface area contributed by atoms with Gasteiger partial charge in [-0.15, -0.1) is 0 Å². The zero-order valence-corrected chi connectivity index (χ0v) is 16.3. The quantitative estimate of drug-likeness (QED) is 0.502. The fourth-order valence-electron chi connectivity index (χ4n) is 2.49. The molecule has 4 nitrogen and oxygen atoms in total. The first kappa shape index (κ1) is 19.8. The Kier molecular flexibility index (Phi) is 6.57. The van der Waals surface area contributed by atoms with E-state index in [1.165, 1.54) is 18.2 Å². The fraction of sp³-hybridized carbons (Fsp3) is 0.0476. The Morgan fingerprint density at radius 2 is 1.64 bits per heavy atom. The number of thiocarbonyl (C=S) groups is 1. The van der Waals surface area contributed by atoms with E-state index in [0.717, 1.165) is 5.56 Å². The molecule has 0 aliphatic heterocycles. The highest BCUT2D eigenvalue weighted by Crippen LogP contribution is 2.20. The lowest BCUT2D eigenvalue weighted by atomic mass is 10.1. The maximum absolute atomic E-state index is 13.2. The molecule has 0 fully saturated rings. The largest absolute Gasteiger partial charge is 0.348 e. The Morgan fingerprint density at radius 3 is 2.36 bits per heavy atom. The summed E-state index contributed by atoms with van der Waals surface area (Å²) in [5.41, 5.74) is 2.74. The summed E-state index contributed by atoms with van der Waals surface area (Å²) in [5, 5.41) is 9.10. The first-order valence-electron chi connectivity index (χ1n) is 8.46. The number of nitrogens with one attached hydrogen (secondary N) is 3. The molecule has 3 aromatic carbocycles. The molecule has 0 heterocycles. The number of carbonyl (C=O) groups excluding carboxylic acids is 1. The molecule has 0 aromatic heterocycles. The summed E-state index contributed by atoms with van der Waals surface area (Å²) in [7, 11) is 0. The van der Waals surface area contributed by atoms with E-state index in [1.54, 1.807) is 24.3 Å². The van der Waals surface area contributed by atoms with Crippen molar-refractivity contribution < 1.29 is 9.18 Å². The Hall–Kier alpha value is -2.96. The predicted octanol–water partition coefficient (Wildman–Crippen LogP) is 5.22. The monoisotopic (exact) mass is 413 g/mol. The minimum atomic E-state index is -0.500. The Morgan fingerprint density at radius 1 is 0.929 bits per heavy atom. The van der Waals surface area contributed by atoms with Gasteiger partial charge in [0.05, 0.1) is 5.02 Å². The van der Waals surface area contributed by atoms with Crippen LogP contribution < -0.4 is 16.0 Å². The molecule has 7 heteroatoms. The first-order chi connectivity index (χ1) is 13.5. The van der Waals surface area contributed by atoms with Crippen LogP contribution in [0.2, 0.25) is 5.02 Å². The zero-order chi connectivity index (χ0) is 19.9. The minimum Gasteiger partial charge on any atom is -0.348 e. The van der Waals surface area contributed by atoms with Crippen LogP contribution in [0.15, 0.2) is 72.8 Å². The number of hydrogen-bond donors (Lipinski definition) is 3. The van der Waals surface area contributed by atoms with E-state index >= 15 is 0 Å². The van der Waals surface area contributed by atoms with E-state index in [0.29, 0.717) is 28.6 Å². The molecule has 0 aliphatic rings. The van der Waals surface area contributed by atoms with Crippen LogP contribution in [0.5, 0.6) is 0 Å². The standard InChI is InChI=1S/C21H17ClFN3OS/c22-18-12-17(9-10-19(18)23)26-21(28)25-16-8-4-7-15(11-16)20(27)24-13-14-5-2-1-3-6-14/h1-12H,13H2,(H,24,27)(H2,25,26,28). The normalized spacial score (nSPS) is 10.2. The lowest BCUT2D eigenvalue weighted by Gasteiger charge is -2.12. The van der Waals surface area contributed by atoms with Crippen molar-refractivity contribution in [1.29, 1.82) is 0 Å². The maximum atomic E-state index is 13.2. The highest BCUT2D eigenvalue weighted by molar-refractivity contribution is 7.80. The van der Waals surface area contributed by atoms with E-state index in [4.69, 9.17) is 23.8 Å². The summed E-state index contributed by atoms with van der Waals surface area (Å²) in [6.45, 7) is 0.447. The van der Waals surface area contributed by atoms with Crippen LogP contribution in [0.25, 0.3) is 0 Å². The number of rotatable bonds is 5. The minimum absolute atomic E-state index is 0.00452. The van der Waals surface area contributed by atoms with Gasteiger partial charge in [0.25, 0.3) is 5.91 Å². The van der Waals surface area contributed by atoms with Crippen LogP contribution in [-0.4, -0.2) is 11.0 Å². The molecule has 0 radical (unpaired) electrons. The van der Waals surface area contributed by atoms with E-state index < -0.39 is 5.82 Å². The molecule has 142 valence electrons. The van der Waals surface area contributed by atoms with Crippen molar-refractivity contribution >= 4 is 46.2 Å². The van der Waals surface area contributed by atoms with E-state index in [2.05, 4.69) is 16.0 Å². The fourth-order valence-corrected chi connectivity index (χ4v) is 2.90.